The number of carbonyl (C=O) groups is 1. The summed E-state index contributed by atoms with van der Waals surface area (Å²) < 4.78 is 11.0. The predicted molar refractivity (Wildman–Crippen MR) is 120 cm³/mol. The van der Waals surface area contributed by atoms with Crippen molar-refractivity contribution >= 4 is 35.8 Å². The van der Waals surface area contributed by atoms with Crippen LogP contribution in [0.15, 0.2) is 29.3 Å². The van der Waals surface area contributed by atoms with Crippen molar-refractivity contribution in [2.24, 2.45) is 4.99 Å². The van der Waals surface area contributed by atoms with E-state index in [1.807, 2.05) is 6.92 Å². The van der Waals surface area contributed by atoms with Crippen molar-refractivity contribution < 1.29 is 19.4 Å². The zero-order valence-electron chi connectivity index (χ0n) is 16.3. The Morgan fingerprint density at radius 2 is 2.07 bits per heavy atom. The van der Waals surface area contributed by atoms with Crippen molar-refractivity contribution in [2.75, 3.05) is 46.0 Å². The van der Waals surface area contributed by atoms with Gasteiger partial charge >= 0.3 is 0 Å². The first-order valence-corrected chi connectivity index (χ1v) is 9.48. The highest BCUT2D eigenvalue weighted by Crippen LogP contribution is 2.14. The van der Waals surface area contributed by atoms with Crippen LogP contribution in [0, 0.1) is 0 Å². The van der Waals surface area contributed by atoms with Crippen molar-refractivity contribution in [3.05, 3.63) is 29.8 Å². The third kappa shape index (κ3) is 9.07. The number of ether oxygens (including phenoxy) is 2. The summed E-state index contributed by atoms with van der Waals surface area (Å²) in [6.07, 6.45) is 2.05. The van der Waals surface area contributed by atoms with E-state index in [0.29, 0.717) is 38.8 Å². The van der Waals surface area contributed by atoms with Crippen molar-refractivity contribution in [1.29, 1.82) is 0 Å². The molecule has 1 unspecified atom stereocenters. The van der Waals surface area contributed by atoms with Gasteiger partial charge in [0.15, 0.2) is 5.96 Å². The average Bonchev–Trinajstić information content (AvgIpc) is 3.18. The number of guanidine groups is 1. The molecule has 1 saturated heterocycles. The number of halogens is 1. The Morgan fingerprint density at radius 1 is 1.29 bits per heavy atom. The molecule has 1 aromatic rings. The van der Waals surface area contributed by atoms with E-state index in [9.17, 15) is 9.90 Å². The Balaban J connectivity index is 0.00000392. The van der Waals surface area contributed by atoms with Crippen LogP contribution in [0.2, 0.25) is 0 Å². The lowest BCUT2D eigenvalue weighted by Gasteiger charge is -2.12. The molecule has 4 N–H and O–H groups in total. The summed E-state index contributed by atoms with van der Waals surface area (Å²) in [6, 6.07) is 6.47. The van der Waals surface area contributed by atoms with Gasteiger partial charge in [0.1, 0.15) is 5.75 Å². The van der Waals surface area contributed by atoms with E-state index in [0.717, 1.165) is 26.0 Å². The second kappa shape index (κ2) is 14.4. The summed E-state index contributed by atoms with van der Waals surface area (Å²) in [6.45, 7) is 6.52. The number of phenols is 1. The molecule has 1 fully saturated rings. The molecule has 9 heteroatoms. The van der Waals surface area contributed by atoms with Gasteiger partial charge in [-0.2, -0.15) is 0 Å². The van der Waals surface area contributed by atoms with Crippen LogP contribution in [0.5, 0.6) is 5.75 Å². The summed E-state index contributed by atoms with van der Waals surface area (Å²) in [5.74, 6) is 0.382. The van der Waals surface area contributed by atoms with E-state index >= 15 is 0 Å². The fourth-order valence-electron chi connectivity index (χ4n) is 2.61. The summed E-state index contributed by atoms with van der Waals surface area (Å²) in [4.78, 5) is 16.5. The number of nitrogens with one attached hydrogen (secondary N) is 3. The smallest absolute Gasteiger partial charge is 0.255 e. The van der Waals surface area contributed by atoms with Crippen LogP contribution >= 0.6 is 24.0 Å². The number of phenolic OH excluding ortho intramolecular Hbond substituents is 1. The summed E-state index contributed by atoms with van der Waals surface area (Å²) in [5, 5.41) is 18.8. The first kappa shape index (κ1) is 24.4. The number of aliphatic imine (C=N–C) groups is 1. The second-order valence-electron chi connectivity index (χ2n) is 6.17. The Bertz CT molecular complexity index is 609. The van der Waals surface area contributed by atoms with E-state index in [4.69, 9.17) is 9.47 Å². The number of benzene rings is 1. The fraction of sp³-hybridized carbons (Fsp3) is 0.579. The minimum atomic E-state index is -0.301. The molecule has 0 spiro atoms. The summed E-state index contributed by atoms with van der Waals surface area (Å²) in [5.41, 5.74) is 0.269. The summed E-state index contributed by atoms with van der Waals surface area (Å²) >= 11 is 0. The van der Waals surface area contributed by atoms with E-state index in [1.54, 1.807) is 18.2 Å². The third-order valence-corrected chi connectivity index (χ3v) is 4.01. The number of carbonyl (C=O) groups excluding carboxylic acids is 1. The maximum atomic E-state index is 12.0. The molecule has 1 aromatic carbocycles. The molecule has 0 aromatic heterocycles. The standard InChI is InChI=1S/C19H30N4O4.HI/c1-2-20-19(22-9-5-12-27-15-8-13-26-14-15)23-11-10-21-18(25)16-6-3-4-7-17(16)24;/h3-4,6-7,15,24H,2,5,8-14H2,1H3,(H,21,25)(H2,20,22,23);1H. The minimum absolute atomic E-state index is 0. The second-order valence-corrected chi connectivity index (χ2v) is 6.17. The van der Waals surface area contributed by atoms with Gasteiger partial charge in [0.25, 0.3) is 5.91 Å². The number of amides is 1. The maximum absolute atomic E-state index is 12.0. The topological polar surface area (TPSA) is 104 Å². The van der Waals surface area contributed by atoms with Crippen LogP contribution in [-0.2, 0) is 9.47 Å². The summed E-state index contributed by atoms with van der Waals surface area (Å²) in [7, 11) is 0. The molecule has 2 rings (SSSR count). The lowest BCUT2D eigenvalue weighted by atomic mass is 10.2. The molecule has 1 amide bonds. The van der Waals surface area contributed by atoms with Crippen molar-refractivity contribution in [2.45, 2.75) is 25.9 Å². The molecule has 1 aliphatic rings. The van der Waals surface area contributed by atoms with Crippen molar-refractivity contribution in [1.82, 2.24) is 16.0 Å². The van der Waals surface area contributed by atoms with Gasteiger partial charge in [0, 0.05) is 39.4 Å². The van der Waals surface area contributed by atoms with Crippen LogP contribution < -0.4 is 16.0 Å². The van der Waals surface area contributed by atoms with E-state index < -0.39 is 0 Å². The van der Waals surface area contributed by atoms with Crippen LogP contribution in [0.25, 0.3) is 0 Å². The lowest BCUT2D eigenvalue weighted by Crippen LogP contribution is -2.41. The normalized spacial score (nSPS) is 16.3. The predicted octanol–water partition coefficient (Wildman–Crippen LogP) is 1.49. The zero-order chi connectivity index (χ0) is 19.3. The molecule has 0 aliphatic carbocycles. The zero-order valence-corrected chi connectivity index (χ0v) is 18.6. The Morgan fingerprint density at radius 3 is 2.79 bits per heavy atom. The maximum Gasteiger partial charge on any atom is 0.255 e. The number of hydrogen-bond donors (Lipinski definition) is 4. The molecule has 0 bridgehead atoms. The minimum Gasteiger partial charge on any atom is -0.507 e. The molecular formula is C19H31IN4O4. The molecule has 8 nitrogen and oxygen atoms in total. The number of aromatic hydroxyl groups is 1. The molecule has 158 valence electrons. The highest BCUT2D eigenvalue weighted by Gasteiger charge is 2.15. The quantitative estimate of drug-likeness (QED) is 0.166. The SMILES string of the molecule is CCNC(=NCCCOC1CCOC1)NCCNC(=O)c1ccccc1O.I. The highest BCUT2D eigenvalue weighted by molar-refractivity contribution is 14.0. The first-order valence-electron chi connectivity index (χ1n) is 9.48. The van der Waals surface area contributed by atoms with Crippen molar-refractivity contribution in [3.63, 3.8) is 0 Å². The van der Waals surface area contributed by atoms with Crippen LogP contribution in [0.1, 0.15) is 30.1 Å². The van der Waals surface area contributed by atoms with Gasteiger partial charge in [-0.3, -0.25) is 9.79 Å². The van der Waals surface area contributed by atoms with E-state index in [2.05, 4.69) is 20.9 Å². The fourth-order valence-corrected chi connectivity index (χ4v) is 2.61. The third-order valence-electron chi connectivity index (χ3n) is 4.01. The van der Waals surface area contributed by atoms with Gasteiger partial charge in [0.05, 0.1) is 18.3 Å². The number of para-hydroxylation sites is 1. The van der Waals surface area contributed by atoms with Gasteiger partial charge in [0.2, 0.25) is 0 Å². The highest BCUT2D eigenvalue weighted by atomic mass is 127. The van der Waals surface area contributed by atoms with E-state index in [1.165, 1.54) is 6.07 Å². The van der Waals surface area contributed by atoms with Gasteiger partial charge in [-0.25, -0.2) is 0 Å². The molecule has 0 saturated carbocycles. The molecule has 1 heterocycles. The van der Waals surface area contributed by atoms with Crippen LogP contribution in [-0.4, -0.2) is 69.1 Å². The molecule has 1 aliphatic heterocycles. The number of hydrogen-bond acceptors (Lipinski definition) is 5. The average molecular weight is 506 g/mol. The number of rotatable bonds is 10. The lowest BCUT2D eigenvalue weighted by molar-refractivity contribution is 0.0424. The van der Waals surface area contributed by atoms with Gasteiger partial charge in [-0.1, -0.05) is 12.1 Å². The molecule has 0 radical (unpaired) electrons. The molecule has 28 heavy (non-hydrogen) atoms. The van der Waals surface area contributed by atoms with Crippen LogP contribution in [0.3, 0.4) is 0 Å². The van der Waals surface area contributed by atoms with E-state index in [-0.39, 0.29) is 47.3 Å². The monoisotopic (exact) mass is 506 g/mol. The Hall–Kier alpha value is -1.59. The Labute approximate surface area is 183 Å². The first-order chi connectivity index (χ1) is 13.2. The largest absolute Gasteiger partial charge is 0.507 e. The van der Waals surface area contributed by atoms with Gasteiger partial charge in [-0.05, 0) is 31.9 Å². The molecular weight excluding hydrogens is 475 g/mol. The molecule has 1 atom stereocenters. The number of nitrogens with zero attached hydrogens (tertiary/aromatic N) is 1. The Kier molecular flexibility index (Phi) is 12.6. The van der Waals surface area contributed by atoms with Gasteiger partial charge < -0.3 is 30.5 Å². The van der Waals surface area contributed by atoms with Gasteiger partial charge in [-0.15, -0.1) is 24.0 Å². The van der Waals surface area contributed by atoms with Crippen LogP contribution in [0.4, 0.5) is 0 Å². The van der Waals surface area contributed by atoms with Crippen molar-refractivity contribution in [3.8, 4) is 5.75 Å².